The van der Waals surface area contributed by atoms with Crippen LogP contribution < -0.4 is 4.80 Å². The van der Waals surface area contributed by atoms with Gasteiger partial charge in [-0.05, 0) is 25.1 Å². The molecule has 0 saturated heterocycles. The van der Waals surface area contributed by atoms with Crippen LogP contribution >= 0.6 is 34.5 Å². The lowest BCUT2D eigenvalue weighted by Gasteiger charge is -2.06. The second kappa shape index (κ2) is 8.83. The Kier molecular flexibility index (Phi) is 6.46. The molecule has 0 N–H and O–H groups in total. The maximum absolute atomic E-state index is 12.7. The van der Waals surface area contributed by atoms with Crippen LogP contribution in [0.2, 0.25) is 10.0 Å². The predicted octanol–water partition coefficient (Wildman–Crippen LogP) is 4.70. The van der Waals surface area contributed by atoms with Gasteiger partial charge in [-0.3, -0.25) is 14.9 Å². The molecule has 0 unspecified atom stereocenters. The molecule has 3 aromatic rings. The number of fused-ring (bicyclic) bond motifs is 1. The standard InChI is InChI=1S/C18H15Cl2N3O4S/c1-2-27-9-8-22-16-14(20)4-3-5-15(16)28-18(22)21-17(24)12-10-11(23(25)26)6-7-13(12)19/h3-7,10H,2,8-9H2,1H3. The van der Waals surface area contributed by atoms with Crippen molar-refractivity contribution in [3.63, 3.8) is 0 Å². The zero-order chi connectivity index (χ0) is 20.3. The maximum Gasteiger partial charge on any atom is 0.281 e. The van der Waals surface area contributed by atoms with Gasteiger partial charge in [0.25, 0.3) is 11.6 Å². The van der Waals surface area contributed by atoms with E-state index in [0.717, 1.165) is 16.3 Å². The molecule has 0 spiro atoms. The normalized spacial score (nSPS) is 11.9. The van der Waals surface area contributed by atoms with Crippen molar-refractivity contribution in [1.29, 1.82) is 0 Å². The number of aromatic nitrogens is 1. The zero-order valence-electron chi connectivity index (χ0n) is 14.7. The van der Waals surface area contributed by atoms with Gasteiger partial charge in [0.2, 0.25) is 0 Å². The summed E-state index contributed by atoms with van der Waals surface area (Å²) in [6.45, 7) is 3.33. The zero-order valence-corrected chi connectivity index (χ0v) is 17.1. The van der Waals surface area contributed by atoms with Gasteiger partial charge in [-0.15, -0.1) is 0 Å². The molecular formula is C18H15Cl2N3O4S. The summed E-state index contributed by atoms with van der Waals surface area (Å²) in [4.78, 5) is 27.7. The highest BCUT2D eigenvalue weighted by Crippen LogP contribution is 2.26. The van der Waals surface area contributed by atoms with Crippen molar-refractivity contribution in [3.05, 3.63) is 66.9 Å². The van der Waals surface area contributed by atoms with Crippen molar-refractivity contribution in [2.45, 2.75) is 13.5 Å². The molecule has 0 aliphatic rings. The molecule has 1 heterocycles. The van der Waals surface area contributed by atoms with Crippen molar-refractivity contribution < 1.29 is 14.5 Å². The summed E-state index contributed by atoms with van der Waals surface area (Å²) in [6.07, 6.45) is 0. The largest absolute Gasteiger partial charge is 0.380 e. The SMILES string of the molecule is CCOCCn1c(=NC(=O)c2cc([N+](=O)[O-])ccc2Cl)sc2cccc(Cl)c21. The molecule has 3 rings (SSSR count). The molecule has 0 aliphatic carbocycles. The summed E-state index contributed by atoms with van der Waals surface area (Å²) in [5.41, 5.74) is 0.493. The number of halogens is 2. The average Bonchev–Trinajstić information content (AvgIpc) is 3.00. The van der Waals surface area contributed by atoms with Gasteiger partial charge in [0.05, 0.1) is 37.4 Å². The summed E-state index contributed by atoms with van der Waals surface area (Å²) in [6, 6.07) is 9.13. The Bertz CT molecular complexity index is 1120. The van der Waals surface area contributed by atoms with Crippen LogP contribution in [0.5, 0.6) is 0 Å². The molecule has 0 saturated carbocycles. The number of carbonyl (C=O) groups excluding carboxylic acids is 1. The number of benzene rings is 2. The molecule has 146 valence electrons. The van der Waals surface area contributed by atoms with E-state index in [-0.39, 0.29) is 16.3 Å². The molecule has 1 amide bonds. The molecule has 7 nitrogen and oxygen atoms in total. The fourth-order valence-corrected chi connectivity index (χ4v) is 4.23. The Hall–Kier alpha value is -2.26. The molecule has 1 aromatic heterocycles. The minimum atomic E-state index is -0.665. The van der Waals surface area contributed by atoms with Crippen LogP contribution in [0.3, 0.4) is 0 Å². The molecular weight excluding hydrogens is 425 g/mol. The number of amides is 1. The Balaban J connectivity index is 2.12. The van der Waals surface area contributed by atoms with Gasteiger partial charge in [0.15, 0.2) is 4.80 Å². The van der Waals surface area contributed by atoms with E-state index in [1.54, 1.807) is 10.6 Å². The molecule has 10 heteroatoms. The monoisotopic (exact) mass is 439 g/mol. The van der Waals surface area contributed by atoms with Crippen LogP contribution in [0.1, 0.15) is 17.3 Å². The van der Waals surface area contributed by atoms with Crippen LogP contribution in [0.15, 0.2) is 41.4 Å². The number of ether oxygens (including phenoxy) is 1. The average molecular weight is 440 g/mol. The van der Waals surface area contributed by atoms with Gasteiger partial charge in [0.1, 0.15) is 0 Å². The minimum absolute atomic E-state index is 0.0317. The van der Waals surface area contributed by atoms with Crippen molar-refractivity contribution >= 4 is 56.3 Å². The number of rotatable bonds is 6. The van der Waals surface area contributed by atoms with Crippen molar-refractivity contribution in [2.24, 2.45) is 4.99 Å². The third-order valence-electron chi connectivity index (χ3n) is 3.90. The summed E-state index contributed by atoms with van der Waals surface area (Å²) in [7, 11) is 0. The summed E-state index contributed by atoms with van der Waals surface area (Å²) in [5.74, 6) is -0.665. The number of nitro groups is 1. The highest BCUT2D eigenvalue weighted by atomic mass is 35.5. The van der Waals surface area contributed by atoms with E-state index in [4.69, 9.17) is 27.9 Å². The number of hydrogen-bond acceptors (Lipinski definition) is 5. The summed E-state index contributed by atoms with van der Waals surface area (Å²) in [5, 5.41) is 11.6. The van der Waals surface area contributed by atoms with Crippen LogP contribution in [0, 0.1) is 10.1 Å². The lowest BCUT2D eigenvalue weighted by atomic mass is 10.2. The Labute approximate surface area is 173 Å². The summed E-state index contributed by atoms with van der Waals surface area (Å²) < 4.78 is 8.09. The van der Waals surface area contributed by atoms with Crippen LogP contribution in [-0.2, 0) is 11.3 Å². The van der Waals surface area contributed by atoms with Gasteiger partial charge in [0, 0.05) is 25.3 Å². The van der Waals surface area contributed by atoms with Gasteiger partial charge >= 0.3 is 0 Å². The van der Waals surface area contributed by atoms with E-state index >= 15 is 0 Å². The number of carbonyl (C=O) groups is 1. The van der Waals surface area contributed by atoms with Gasteiger partial charge < -0.3 is 9.30 Å². The fourth-order valence-electron chi connectivity index (χ4n) is 2.62. The molecule has 28 heavy (non-hydrogen) atoms. The molecule has 0 radical (unpaired) electrons. The number of thiazole rings is 1. The maximum atomic E-state index is 12.7. The molecule has 0 bridgehead atoms. The Morgan fingerprint density at radius 1 is 1.29 bits per heavy atom. The number of non-ortho nitro benzene ring substituents is 1. The third-order valence-corrected chi connectivity index (χ3v) is 5.58. The van der Waals surface area contributed by atoms with E-state index in [1.165, 1.54) is 23.5 Å². The van der Waals surface area contributed by atoms with Crippen LogP contribution in [0.4, 0.5) is 5.69 Å². The number of para-hydroxylation sites is 1. The first-order valence-corrected chi connectivity index (χ1v) is 9.88. The minimum Gasteiger partial charge on any atom is -0.380 e. The van der Waals surface area contributed by atoms with Crippen LogP contribution in [0.25, 0.3) is 10.2 Å². The van der Waals surface area contributed by atoms with E-state index in [0.29, 0.717) is 29.6 Å². The fraction of sp³-hybridized carbons (Fsp3) is 0.222. The lowest BCUT2D eigenvalue weighted by Crippen LogP contribution is -2.20. The Morgan fingerprint density at radius 3 is 2.79 bits per heavy atom. The smallest absolute Gasteiger partial charge is 0.281 e. The van der Waals surface area contributed by atoms with Crippen molar-refractivity contribution in [2.75, 3.05) is 13.2 Å². The van der Waals surface area contributed by atoms with Gasteiger partial charge in [-0.2, -0.15) is 4.99 Å². The first kappa shape index (κ1) is 20.5. The number of hydrogen-bond donors (Lipinski definition) is 0. The van der Waals surface area contributed by atoms with Crippen molar-refractivity contribution in [1.82, 2.24) is 4.57 Å². The molecule has 0 fully saturated rings. The lowest BCUT2D eigenvalue weighted by molar-refractivity contribution is -0.384. The van der Waals surface area contributed by atoms with Crippen molar-refractivity contribution in [3.8, 4) is 0 Å². The topological polar surface area (TPSA) is 86.7 Å². The quantitative estimate of drug-likeness (QED) is 0.316. The van der Waals surface area contributed by atoms with Gasteiger partial charge in [-0.25, -0.2) is 0 Å². The first-order valence-electron chi connectivity index (χ1n) is 8.31. The highest BCUT2D eigenvalue weighted by Gasteiger charge is 2.17. The summed E-state index contributed by atoms with van der Waals surface area (Å²) >= 11 is 13.7. The number of nitrogens with zero attached hydrogens (tertiary/aromatic N) is 3. The van der Waals surface area contributed by atoms with Gasteiger partial charge in [-0.1, -0.05) is 40.6 Å². The van der Waals surface area contributed by atoms with E-state index in [1.807, 2.05) is 19.1 Å². The van der Waals surface area contributed by atoms with E-state index in [9.17, 15) is 14.9 Å². The highest BCUT2D eigenvalue weighted by molar-refractivity contribution is 7.16. The molecule has 0 aliphatic heterocycles. The molecule has 2 aromatic carbocycles. The van der Waals surface area contributed by atoms with E-state index in [2.05, 4.69) is 4.99 Å². The third kappa shape index (κ3) is 4.25. The second-order valence-corrected chi connectivity index (χ2v) is 7.48. The Morgan fingerprint density at radius 2 is 2.07 bits per heavy atom. The predicted molar refractivity (Wildman–Crippen MR) is 109 cm³/mol. The van der Waals surface area contributed by atoms with E-state index < -0.39 is 10.8 Å². The molecule has 0 atom stereocenters. The number of nitro benzene ring substituents is 1. The first-order chi connectivity index (χ1) is 13.4. The second-order valence-electron chi connectivity index (χ2n) is 5.66. The van der Waals surface area contributed by atoms with Crippen LogP contribution in [-0.4, -0.2) is 28.6 Å².